The molecule has 1 atom stereocenters. The smallest absolute Gasteiger partial charge is 0.404 e. The molecule has 1 unspecified atom stereocenters. The van der Waals surface area contributed by atoms with Crippen LogP contribution in [0.15, 0.2) is 42.5 Å². The van der Waals surface area contributed by atoms with Crippen LogP contribution in [0.2, 0.25) is 0 Å². The lowest BCUT2D eigenvalue weighted by Gasteiger charge is -2.16. The zero-order valence-electron chi connectivity index (χ0n) is 10.9. The molecule has 100 valence electrons. The molecule has 2 aromatic rings. The summed E-state index contributed by atoms with van der Waals surface area (Å²) in [5.74, 6) is 0. The fraction of sp³-hybridized carbons (Fsp3) is 0.267. The standard InChI is InChI=1S/C15H18N2O2/c1-11(17-9-10-19-15(16)18)13-8-4-6-12-5-2-3-7-14(12)13/h2-8,11,17H,9-10H2,1H3,(H2,16,18). The lowest BCUT2D eigenvalue weighted by atomic mass is 10.00. The summed E-state index contributed by atoms with van der Waals surface area (Å²) < 4.78 is 4.69. The van der Waals surface area contributed by atoms with Crippen molar-refractivity contribution >= 4 is 16.9 Å². The summed E-state index contributed by atoms with van der Waals surface area (Å²) in [5, 5.41) is 5.77. The van der Waals surface area contributed by atoms with Gasteiger partial charge in [0.05, 0.1) is 0 Å². The molecule has 2 rings (SSSR count). The molecule has 0 saturated carbocycles. The number of benzene rings is 2. The van der Waals surface area contributed by atoms with Gasteiger partial charge in [0, 0.05) is 12.6 Å². The topological polar surface area (TPSA) is 64.3 Å². The molecule has 0 saturated heterocycles. The number of carbonyl (C=O) groups excluding carboxylic acids is 1. The second kappa shape index (κ2) is 6.20. The van der Waals surface area contributed by atoms with E-state index in [2.05, 4.69) is 42.6 Å². The molecular weight excluding hydrogens is 240 g/mol. The zero-order valence-corrected chi connectivity index (χ0v) is 10.9. The highest BCUT2D eigenvalue weighted by Crippen LogP contribution is 2.23. The number of amides is 1. The number of nitrogens with one attached hydrogen (secondary N) is 1. The highest BCUT2D eigenvalue weighted by molar-refractivity contribution is 5.86. The molecule has 0 radical (unpaired) electrons. The predicted octanol–water partition coefficient (Wildman–Crippen LogP) is 2.59. The maximum atomic E-state index is 10.5. The quantitative estimate of drug-likeness (QED) is 0.810. The summed E-state index contributed by atoms with van der Waals surface area (Å²) in [6, 6.07) is 14.7. The normalized spacial score (nSPS) is 12.3. The van der Waals surface area contributed by atoms with E-state index in [0.717, 1.165) is 0 Å². The van der Waals surface area contributed by atoms with Gasteiger partial charge in [0.15, 0.2) is 0 Å². The van der Waals surface area contributed by atoms with Crippen LogP contribution in [0.25, 0.3) is 10.8 Å². The minimum absolute atomic E-state index is 0.183. The number of primary amides is 1. The Bertz CT molecular complexity index is 564. The van der Waals surface area contributed by atoms with E-state index in [9.17, 15) is 4.79 Å². The monoisotopic (exact) mass is 258 g/mol. The molecule has 0 aliphatic rings. The molecule has 0 aliphatic heterocycles. The third kappa shape index (κ3) is 3.45. The molecule has 0 aromatic heterocycles. The Balaban J connectivity index is 2.05. The molecule has 0 fully saturated rings. The summed E-state index contributed by atoms with van der Waals surface area (Å²) in [6.45, 7) is 2.95. The van der Waals surface area contributed by atoms with E-state index in [-0.39, 0.29) is 12.6 Å². The third-order valence-corrected chi connectivity index (χ3v) is 3.09. The largest absolute Gasteiger partial charge is 0.448 e. The molecule has 4 nitrogen and oxygen atoms in total. The van der Waals surface area contributed by atoms with Crippen molar-refractivity contribution in [1.29, 1.82) is 0 Å². The summed E-state index contributed by atoms with van der Waals surface area (Å²) >= 11 is 0. The van der Waals surface area contributed by atoms with Gasteiger partial charge in [0.2, 0.25) is 0 Å². The van der Waals surface area contributed by atoms with E-state index in [1.165, 1.54) is 16.3 Å². The Morgan fingerprint density at radius 1 is 1.26 bits per heavy atom. The third-order valence-electron chi connectivity index (χ3n) is 3.09. The number of hydrogen-bond acceptors (Lipinski definition) is 3. The van der Waals surface area contributed by atoms with Crippen molar-refractivity contribution in [3.8, 4) is 0 Å². The van der Waals surface area contributed by atoms with Crippen LogP contribution in [0.5, 0.6) is 0 Å². The molecule has 0 bridgehead atoms. The van der Waals surface area contributed by atoms with Gasteiger partial charge in [-0.25, -0.2) is 4.79 Å². The minimum atomic E-state index is -0.736. The number of nitrogens with two attached hydrogens (primary N) is 1. The Morgan fingerprint density at radius 2 is 2.00 bits per heavy atom. The number of carbonyl (C=O) groups is 1. The van der Waals surface area contributed by atoms with Gasteiger partial charge in [-0.3, -0.25) is 0 Å². The van der Waals surface area contributed by atoms with E-state index in [1.54, 1.807) is 0 Å². The second-order valence-electron chi connectivity index (χ2n) is 4.41. The van der Waals surface area contributed by atoms with E-state index < -0.39 is 6.09 Å². The molecule has 3 N–H and O–H groups in total. The molecule has 2 aromatic carbocycles. The van der Waals surface area contributed by atoms with Gasteiger partial charge in [-0.2, -0.15) is 0 Å². The van der Waals surface area contributed by atoms with E-state index in [1.807, 2.05) is 12.1 Å². The van der Waals surface area contributed by atoms with Crippen LogP contribution < -0.4 is 11.1 Å². The zero-order chi connectivity index (χ0) is 13.7. The van der Waals surface area contributed by atoms with Gasteiger partial charge in [-0.05, 0) is 23.3 Å². The average molecular weight is 258 g/mol. The fourth-order valence-corrected chi connectivity index (χ4v) is 2.17. The van der Waals surface area contributed by atoms with E-state index in [0.29, 0.717) is 6.54 Å². The number of rotatable bonds is 5. The van der Waals surface area contributed by atoms with Crippen LogP contribution in [0.3, 0.4) is 0 Å². The first kappa shape index (κ1) is 13.4. The van der Waals surface area contributed by atoms with Gasteiger partial charge in [0.25, 0.3) is 0 Å². The molecular formula is C15H18N2O2. The summed E-state index contributed by atoms with van der Waals surface area (Å²) in [4.78, 5) is 10.5. The molecule has 4 heteroatoms. The van der Waals surface area contributed by atoms with Gasteiger partial charge < -0.3 is 15.8 Å². The van der Waals surface area contributed by atoms with Gasteiger partial charge in [0.1, 0.15) is 6.61 Å². The maximum absolute atomic E-state index is 10.5. The average Bonchev–Trinajstić information content (AvgIpc) is 2.42. The number of hydrogen-bond donors (Lipinski definition) is 2. The van der Waals surface area contributed by atoms with Crippen molar-refractivity contribution in [1.82, 2.24) is 5.32 Å². The van der Waals surface area contributed by atoms with Crippen molar-refractivity contribution in [2.75, 3.05) is 13.2 Å². The van der Waals surface area contributed by atoms with Crippen molar-refractivity contribution in [2.45, 2.75) is 13.0 Å². The summed E-state index contributed by atoms with van der Waals surface area (Å²) in [5.41, 5.74) is 6.14. The molecule has 0 aliphatic carbocycles. The van der Waals surface area contributed by atoms with Gasteiger partial charge in [-0.1, -0.05) is 42.5 Å². The van der Waals surface area contributed by atoms with Crippen molar-refractivity contribution in [3.05, 3.63) is 48.0 Å². The Hall–Kier alpha value is -2.07. The Labute approximate surface area is 112 Å². The van der Waals surface area contributed by atoms with Crippen LogP contribution in [0, 0.1) is 0 Å². The summed E-state index contributed by atoms with van der Waals surface area (Å²) in [6.07, 6.45) is -0.736. The maximum Gasteiger partial charge on any atom is 0.404 e. The van der Waals surface area contributed by atoms with Crippen LogP contribution in [-0.4, -0.2) is 19.2 Å². The lowest BCUT2D eigenvalue weighted by molar-refractivity contribution is 0.156. The fourth-order valence-electron chi connectivity index (χ4n) is 2.17. The Morgan fingerprint density at radius 3 is 2.79 bits per heavy atom. The van der Waals surface area contributed by atoms with Crippen molar-refractivity contribution in [2.24, 2.45) is 5.73 Å². The van der Waals surface area contributed by atoms with Crippen LogP contribution in [0.4, 0.5) is 4.79 Å². The van der Waals surface area contributed by atoms with Gasteiger partial charge in [-0.15, -0.1) is 0 Å². The molecule has 0 heterocycles. The lowest BCUT2D eigenvalue weighted by Crippen LogP contribution is -2.26. The summed E-state index contributed by atoms with van der Waals surface area (Å²) in [7, 11) is 0. The minimum Gasteiger partial charge on any atom is -0.448 e. The highest BCUT2D eigenvalue weighted by Gasteiger charge is 2.08. The van der Waals surface area contributed by atoms with E-state index in [4.69, 9.17) is 10.5 Å². The van der Waals surface area contributed by atoms with Gasteiger partial charge >= 0.3 is 6.09 Å². The SMILES string of the molecule is CC(NCCOC(N)=O)c1cccc2ccccc12. The van der Waals surface area contributed by atoms with Crippen LogP contribution >= 0.6 is 0 Å². The molecule has 1 amide bonds. The first-order valence-corrected chi connectivity index (χ1v) is 6.32. The first-order chi connectivity index (χ1) is 9.18. The number of fused-ring (bicyclic) bond motifs is 1. The first-order valence-electron chi connectivity index (χ1n) is 6.32. The number of ether oxygens (including phenoxy) is 1. The van der Waals surface area contributed by atoms with E-state index >= 15 is 0 Å². The van der Waals surface area contributed by atoms with Crippen molar-refractivity contribution in [3.63, 3.8) is 0 Å². The Kier molecular flexibility index (Phi) is 4.36. The van der Waals surface area contributed by atoms with Crippen LogP contribution in [-0.2, 0) is 4.74 Å². The molecule has 0 spiro atoms. The van der Waals surface area contributed by atoms with Crippen LogP contribution in [0.1, 0.15) is 18.5 Å². The highest BCUT2D eigenvalue weighted by atomic mass is 16.5. The van der Waals surface area contributed by atoms with Crippen molar-refractivity contribution < 1.29 is 9.53 Å². The predicted molar refractivity (Wildman–Crippen MR) is 75.9 cm³/mol. The second-order valence-corrected chi connectivity index (χ2v) is 4.41. The molecule has 19 heavy (non-hydrogen) atoms.